The Bertz CT molecular complexity index is 1180. The smallest absolute Gasteiger partial charge is 0.251 e. The van der Waals surface area contributed by atoms with Gasteiger partial charge < -0.3 is 19.9 Å². The molecule has 1 heterocycles. The molecule has 1 atom stereocenters. The van der Waals surface area contributed by atoms with Crippen molar-refractivity contribution in [3.63, 3.8) is 0 Å². The lowest BCUT2D eigenvalue weighted by Crippen LogP contribution is -2.33. The van der Waals surface area contributed by atoms with Gasteiger partial charge in [0.05, 0.1) is 29.6 Å². The summed E-state index contributed by atoms with van der Waals surface area (Å²) in [7, 11) is 1.58. The SMILES string of the molecule is C=CCn1c(SCC(=O)Nc2ccccc2Cl)nnc1C(NC(=O)c1ccc(OC)cc1)C(C)C. The minimum absolute atomic E-state index is 0.0336. The van der Waals surface area contributed by atoms with Gasteiger partial charge in [0, 0.05) is 12.1 Å². The number of carbonyl (C=O) groups is 2. The first-order chi connectivity index (χ1) is 16.8. The lowest BCUT2D eigenvalue weighted by Gasteiger charge is -2.22. The number of aromatic nitrogens is 3. The number of hydrogen-bond acceptors (Lipinski definition) is 6. The molecule has 0 saturated carbocycles. The van der Waals surface area contributed by atoms with Crippen LogP contribution in [0.15, 0.2) is 66.3 Å². The number of ether oxygens (including phenoxy) is 1. The Balaban J connectivity index is 1.75. The number of halogens is 1. The summed E-state index contributed by atoms with van der Waals surface area (Å²) < 4.78 is 7.02. The quantitative estimate of drug-likeness (QED) is 0.277. The summed E-state index contributed by atoms with van der Waals surface area (Å²) in [6.45, 7) is 8.25. The first-order valence-corrected chi connectivity index (χ1v) is 12.4. The van der Waals surface area contributed by atoms with Gasteiger partial charge in [-0.25, -0.2) is 0 Å². The zero-order chi connectivity index (χ0) is 25.4. The summed E-state index contributed by atoms with van der Waals surface area (Å²) in [5, 5.41) is 15.5. The van der Waals surface area contributed by atoms with Crippen molar-refractivity contribution in [1.29, 1.82) is 0 Å². The lowest BCUT2D eigenvalue weighted by atomic mass is 10.0. The third-order valence-corrected chi connectivity index (χ3v) is 6.42. The van der Waals surface area contributed by atoms with Crippen LogP contribution in [-0.2, 0) is 11.3 Å². The summed E-state index contributed by atoms with van der Waals surface area (Å²) in [5.41, 5.74) is 1.06. The number of allylic oxidation sites excluding steroid dienone is 1. The van der Waals surface area contributed by atoms with Crippen LogP contribution in [0.4, 0.5) is 5.69 Å². The molecule has 35 heavy (non-hydrogen) atoms. The minimum Gasteiger partial charge on any atom is -0.497 e. The predicted octanol–water partition coefficient (Wildman–Crippen LogP) is 4.98. The van der Waals surface area contributed by atoms with Gasteiger partial charge in [0.2, 0.25) is 5.91 Å². The number of thioether (sulfide) groups is 1. The molecule has 0 aliphatic heterocycles. The van der Waals surface area contributed by atoms with E-state index in [1.165, 1.54) is 11.8 Å². The van der Waals surface area contributed by atoms with E-state index in [-0.39, 0.29) is 23.5 Å². The maximum Gasteiger partial charge on any atom is 0.251 e. The molecule has 0 bridgehead atoms. The molecule has 2 N–H and O–H groups in total. The van der Waals surface area contributed by atoms with Crippen LogP contribution in [0.3, 0.4) is 0 Å². The summed E-state index contributed by atoms with van der Waals surface area (Å²) in [4.78, 5) is 25.4. The number of anilines is 1. The van der Waals surface area contributed by atoms with Crippen molar-refractivity contribution in [3.05, 3.63) is 77.6 Å². The van der Waals surface area contributed by atoms with E-state index in [1.807, 2.05) is 18.4 Å². The van der Waals surface area contributed by atoms with E-state index < -0.39 is 6.04 Å². The van der Waals surface area contributed by atoms with Crippen molar-refractivity contribution in [3.8, 4) is 5.75 Å². The summed E-state index contributed by atoms with van der Waals surface area (Å²) in [6, 6.07) is 13.5. The molecule has 10 heteroatoms. The Labute approximate surface area is 214 Å². The van der Waals surface area contributed by atoms with E-state index in [0.29, 0.717) is 39.5 Å². The number of nitrogens with one attached hydrogen (secondary N) is 2. The van der Waals surface area contributed by atoms with E-state index in [0.717, 1.165) is 0 Å². The van der Waals surface area contributed by atoms with Crippen molar-refractivity contribution in [2.45, 2.75) is 31.6 Å². The van der Waals surface area contributed by atoms with Crippen molar-refractivity contribution in [2.24, 2.45) is 5.92 Å². The average molecular weight is 514 g/mol. The highest BCUT2D eigenvalue weighted by Crippen LogP contribution is 2.27. The number of benzene rings is 2. The number of nitrogens with zero attached hydrogens (tertiary/aromatic N) is 3. The lowest BCUT2D eigenvalue weighted by molar-refractivity contribution is -0.113. The third kappa shape index (κ3) is 6.86. The largest absolute Gasteiger partial charge is 0.497 e. The van der Waals surface area contributed by atoms with Gasteiger partial charge in [-0.05, 0) is 42.3 Å². The number of rotatable bonds is 11. The Morgan fingerprint density at radius 2 is 1.89 bits per heavy atom. The topological polar surface area (TPSA) is 98.1 Å². The van der Waals surface area contributed by atoms with Crippen molar-refractivity contribution in [1.82, 2.24) is 20.1 Å². The van der Waals surface area contributed by atoms with Crippen LogP contribution in [0.25, 0.3) is 0 Å². The number of methoxy groups -OCH3 is 1. The van der Waals surface area contributed by atoms with Crippen molar-refractivity contribution < 1.29 is 14.3 Å². The number of hydrogen-bond donors (Lipinski definition) is 2. The molecule has 8 nitrogen and oxygen atoms in total. The second kappa shape index (κ2) is 12.4. The normalized spacial score (nSPS) is 11.7. The monoisotopic (exact) mass is 513 g/mol. The Kier molecular flexibility index (Phi) is 9.33. The molecule has 184 valence electrons. The highest BCUT2D eigenvalue weighted by atomic mass is 35.5. The maximum atomic E-state index is 12.9. The van der Waals surface area contributed by atoms with E-state index in [1.54, 1.807) is 61.7 Å². The molecule has 0 aliphatic rings. The van der Waals surface area contributed by atoms with Gasteiger partial charge in [-0.3, -0.25) is 9.59 Å². The highest BCUT2D eigenvalue weighted by molar-refractivity contribution is 7.99. The Morgan fingerprint density at radius 1 is 1.17 bits per heavy atom. The van der Waals surface area contributed by atoms with Gasteiger partial charge in [-0.1, -0.05) is 55.4 Å². The minimum atomic E-state index is -0.400. The fourth-order valence-electron chi connectivity index (χ4n) is 3.31. The Hall–Kier alpha value is -3.30. The fraction of sp³-hybridized carbons (Fsp3) is 0.280. The van der Waals surface area contributed by atoms with Crippen LogP contribution < -0.4 is 15.4 Å². The second-order valence-corrected chi connectivity index (χ2v) is 9.33. The molecule has 3 aromatic rings. The number of para-hydroxylation sites is 1. The van der Waals surface area contributed by atoms with Gasteiger partial charge in [0.1, 0.15) is 5.75 Å². The van der Waals surface area contributed by atoms with E-state index in [4.69, 9.17) is 16.3 Å². The summed E-state index contributed by atoms with van der Waals surface area (Å²) in [6.07, 6.45) is 1.73. The van der Waals surface area contributed by atoms with Crippen molar-refractivity contribution in [2.75, 3.05) is 18.2 Å². The molecular formula is C25H28ClN5O3S. The van der Waals surface area contributed by atoms with E-state index >= 15 is 0 Å². The molecule has 2 amide bonds. The van der Waals surface area contributed by atoms with Crippen molar-refractivity contribution >= 4 is 40.9 Å². The molecule has 0 aliphatic carbocycles. The third-order valence-electron chi connectivity index (χ3n) is 5.12. The van der Waals surface area contributed by atoms with Crippen LogP contribution in [-0.4, -0.2) is 39.4 Å². The van der Waals surface area contributed by atoms with Crippen LogP contribution >= 0.6 is 23.4 Å². The highest BCUT2D eigenvalue weighted by Gasteiger charge is 2.26. The molecule has 0 fully saturated rings. The van der Waals surface area contributed by atoms with E-state index in [2.05, 4.69) is 27.4 Å². The van der Waals surface area contributed by atoms with Gasteiger partial charge in [-0.15, -0.1) is 16.8 Å². The standard InChI is InChI=1S/C25H28ClN5O3S/c1-5-14-31-23(22(16(2)3)28-24(33)17-10-12-18(34-4)13-11-17)29-30-25(31)35-15-21(32)27-20-9-7-6-8-19(20)26/h5-13,16,22H,1,14-15H2,2-4H3,(H,27,32)(H,28,33). The Morgan fingerprint density at radius 3 is 2.51 bits per heavy atom. The van der Waals surface area contributed by atoms with Gasteiger partial charge >= 0.3 is 0 Å². The summed E-state index contributed by atoms with van der Waals surface area (Å²) >= 11 is 7.37. The first-order valence-electron chi connectivity index (χ1n) is 11.0. The second-order valence-electron chi connectivity index (χ2n) is 7.98. The molecule has 0 saturated heterocycles. The maximum absolute atomic E-state index is 12.9. The first kappa shape index (κ1) is 26.3. The van der Waals surface area contributed by atoms with Gasteiger partial charge in [0.15, 0.2) is 11.0 Å². The average Bonchev–Trinajstić information content (AvgIpc) is 3.24. The molecule has 0 spiro atoms. The number of amides is 2. The molecule has 3 rings (SSSR count). The molecule has 1 aromatic heterocycles. The van der Waals surface area contributed by atoms with Gasteiger partial charge in [0.25, 0.3) is 5.91 Å². The van der Waals surface area contributed by atoms with Gasteiger partial charge in [-0.2, -0.15) is 0 Å². The predicted molar refractivity (Wildman–Crippen MR) is 139 cm³/mol. The van der Waals surface area contributed by atoms with Crippen LogP contribution in [0.2, 0.25) is 5.02 Å². The van der Waals surface area contributed by atoms with E-state index in [9.17, 15) is 9.59 Å². The molecule has 0 radical (unpaired) electrons. The van der Waals surface area contributed by atoms with Crippen LogP contribution in [0.1, 0.15) is 36.1 Å². The zero-order valence-electron chi connectivity index (χ0n) is 19.8. The fourth-order valence-corrected chi connectivity index (χ4v) is 4.25. The zero-order valence-corrected chi connectivity index (χ0v) is 21.4. The molecule has 1 unspecified atom stereocenters. The molecular weight excluding hydrogens is 486 g/mol. The summed E-state index contributed by atoms with van der Waals surface area (Å²) in [5.74, 6) is 0.972. The van der Waals surface area contributed by atoms with Crippen LogP contribution in [0.5, 0.6) is 5.75 Å². The number of carbonyl (C=O) groups excluding carboxylic acids is 2. The van der Waals surface area contributed by atoms with Crippen LogP contribution in [0, 0.1) is 5.92 Å². The molecule has 2 aromatic carbocycles.